The number of carbonyl (C=O) groups excluding carboxylic acids is 2. The van der Waals surface area contributed by atoms with Gasteiger partial charge >= 0.3 is 6.09 Å². The van der Waals surface area contributed by atoms with E-state index in [0.29, 0.717) is 61.1 Å². The third-order valence-corrected chi connectivity index (χ3v) is 11.0. The van der Waals surface area contributed by atoms with E-state index in [0.717, 1.165) is 44.3 Å². The second-order valence-corrected chi connectivity index (χ2v) is 15.7. The van der Waals surface area contributed by atoms with Crippen LogP contribution in [0, 0.1) is 22.9 Å². The maximum Gasteiger partial charge on any atom is 0.410 e. The number of oxazole rings is 1. The Hall–Kier alpha value is -5.34. The maximum absolute atomic E-state index is 15.1. The number of nitrogens with one attached hydrogen (secondary N) is 1. The molecule has 3 saturated carbocycles. The molecule has 0 radical (unpaired) electrons. The molecule has 1 aliphatic heterocycles. The van der Waals surface area contributed by atoms with E-state index in [1.807, 2.05) is 25.7 Å². The van der Waals surface area contributed by atoms with Gasteiger partial charge in [-0.3, -0.25) is 4.79 Å². The fraction of sp³-hybridized carbons (Fsp3) is 0.475. The number of carbonyl (C=O) groups is 2. The van der Waals surface area contributed by atoms with Gasteiger partial charge in [-0.2, -0.15) is 4.39 Å². The number of fused-ring (bicyclic) bond motifs is 3. The quantitative estimate of drug-likeness (QED) is 0.165. The van der Waals surface area contributed by atoms with Crippen molar-refractivity contribution in [1.82, 2.24) is 25.2 Å². The van der Waals surface area contributed by atoms with Crippen molar-refractivity contribution < 1.29 is 41.4 Å². The molecule has 2 bridgehead atoms. The number of anilines is 1. The molecule has 0 spiro atoms. The second kappa shape index (κ2) is 15.1. The summed E-state index contributed by atoms with van der Waals surface area (Å²) in [5.74, 6) is -3.65. The van der Waals surface area contributed by atoms with Crippen LogP contribution in [0.3, 0.4) is 0 Å². The normalized spacial score (nSPS) is 21.0. The number of aromatic nitrogens is 3. The predicted molar refractivity (Wildman–Crippen MR) is 195 cm³/mol. The molecular weight excluding hydrogens is 717 g/mol. The lowest BCUT2D eigenvalue weighted by Gasteiger charge is -2.52. The number of amides is 2. The van der Waals surface area contributed by atoms with Crippen molar-refractivity contribution in [3.8, 4) is 23.1 Å². The minimum absolute atomic E-state index is 0.207. The van der Waals surface area contributed by atoms with Gasteiger partial charge in [0.2, 0.25) is 17.7 Å². The van der Waals surface area contributed by atoms with Gasteiger partial charge < -0.3 is 33.7 Å². The molecule has 8 rings (SSSR count). The fourth-order valence-electron chi connectivity index (χ4n) is 7.69. The van der Waals surface area contributed by atoms with Gasteiger partial charge in [-0.25, -0.2) is 28.5 Å². The number of benzene rings is 2. The maximum atomic E-state index is 15.1. The number of halogens is 3. The van der Waals surface area contributed by atoms with Gasteiger partial charge in [0, 0.05) is 44.3 Å². The summed E-state index contributed by atoms with van der Waals surface area (Å²) < 4.78 is 67.2. The van der Waals surface area contributed by atoms with E-state index in [-0.39, 0.29) is 30.1 Å². The van der Waals surface area contributed by atoms with E-state index in [9.17, 15) is 18.4 Å². The van der Waals surface area contributed by atoms with Crippen LogP contribution in [-0.2, 0) is 16.8 Å². The van der Waals surface area contributed by atoms with Crippen molar-refractivity contribution in [2.45, 2.75) is 76.9 Å². The van der Waals surface area contributed by atoms with E-state index in [1.165, 1.54) is 7.11 Å². The molecule has 1 N–H and O–H groups in total. The van der Waals surface area contributed by atoms with Gasteiger partial charge in [0.25, 0.3) is 5.91 Å². The second-order valence-electron chi connectivity index (χ2n) is 15.7. The molecule has 4 aromatic rings. The zero-order valence-electron chi connectivity index (χ0n) is 31.4. The summed E-state index contributed by atoms with van der Waals surface area (Å²) in [6, 6.07) is 9.09. The van der Waals surface area contributed by atoms with E-state index in [4.69, 9.17) is 23.6 Å². The molecule has 2 aromatic carbocycles. The smallest absolute Gasteiger partial charge is 0.410 e. The number of nitrogens with zero attached hydrogens (tertiary/aromatic N) is 5. The monoisotopic (exact) mass is 762 g/mol. The fourth-order valence-corrected chi connectivity index (χ4v) is 7.69. The molecule has 12 nitrogen and oxygen atoms in total. The largest absolute Gasteiger partial charge is 0.497 e. The van der Waals surface area contributed by atoms with E-state index < -0.39 is 40.3 Å². The van der Waals surface area contributed by atoms with Gasteiger partial charge in [0.15, 0.2) is 17.4 Å². The Balaban J connectivity index is 0.935. The lowest BCUT2D eigenvalue weighted by molar-refractivity contribution is 0.0240. The lowest BCUT2D eigenvalue weighted by atomic mass is 9.53. The van der Waals surface area contributed by atoms with Crippen molar-refractivity contribution >= 4 is 17.9 Å². The van der Waals surface area contributed by atoms with Gasteiger partial charge in [-0.15, -0.1) is 0 Å². The van der Waals surface area contributed by atoms with Crippen molar-refractivity contribution in [3.63, 3.8) is 0 Å². The SMILES string of the molecule is COc1ccc(COc2c(F)cc(C(=O)NC[C@]34CC[C@](c5cnc(-c6ccnc(N7CCN(C(=O)OC(C)(C)C)CC7)n6)o5)(CC3)CC4)c(F)c2F)cc1. The molecule has 3 heterocycles. The highest BCUT2D eigenvalue weighted by atomic mass is 19.2. The number of hydrogen-bond donors (Lipinski definition) is 1. The minimum Gasteiger partial charge on any atom is -0.497 e. The van der Waals surface area contributed by atoms with E-state index >= 15 is 4.39 Å². The first-order chi connectivity index (χ1) is 26.3. The van der Waals surface area contributed by atoms with Gasteiger partial charge in [-0.05, 0) is 94.5 Å². The molecule has 0 unspecified atom stereocenters. The van der Waals surface area contributed by atoms with Crippen LogP contribution in [0.5, 0.6) is 11.5 Å². The molecule has 1 saturated heterocycles. The van der Waals surface area contributed by atoms with Crippen molar-refractivity contribution in [2.24, 2.45) is 5.41 Å². The number of piperazine rings is 1. The van der Waals surface area contributed by atoms with Crippen LogP contribution in [-0.4, -0.2) is 77.3 Å². The van der Waals surface area contributed by atoms with Crippen molar-refractivity contribution in [3.05, 3.63) is 83.1 Å². The van der Waals surface area contributed by atoms with E-state index in [1.54, 1.807) is 47.6 Å². The average Bonchev–Trinajstić information content (AvgIpc) is 3.70. The minimum atomic E-state index is -1.56. The first-order valence-corrected chi connectivity index (χ1v) is 18.5. The molecule has 0 atom stereocenters. The zero-order chi connectivity index (χ0) is 39.0. The summed E-state index contributed by atoms with van der Waals surface area (Å²) in [6.07, 6.45) is 7.83. The van der Waals surface area contributed by atoms with Crippen LogP contribution in [0.1, 0.15) is 81.0 Å². The Morgan fingerprint density at radius 2 is 1.62 bits per heavy atom. The molecular formula is C40H45F3N6O6. The highest BCUT2D eigenvalue weighted by molar-refractivity contribution is 5.94. The average molecular weight is 763 g/mol. The van der Waals surface area contributed by atoms with Gasteiger partial charge in [0.05, 0.1) is 18.9 Å². The Morgan fingerprint density at radius 3 is 2.27 bits per heavy atom. The standard InChI is InChI=1S/C40H45F3N6O6/c1-38(2,3)55-37(51)49-19-17-48(18-20-49)36-44-16-9-29(47-36)35-45-22-30(54-35)40-13-10-39(11-14-40,12-15-40)24-46-34(50)27-21-28(41)33(32(43)31(27)42)53-23-25-5-7-26(52-4)8-6-25/h5-9,16,21-22H,10-15,17-20,23-24H2,1-4H3,(H,46,50)/t39-,40+. The van der Waals surface area contributed by atoms with Gasteiger partial charge in [-0.1, -0.05) is 12.1 Å². The molecule has 4 aliphatic rings. The number of ether oxygens (including phenoxy) is 3. The number of methoxy groups -OCH3 is 1. The Labute approximate surface area is 317 Å². The topological polar surface area (TPSA) is 132 Å². The highest BCUT2D eigenvalue weighted by Gasteiger charge is 2.51. The summed E-state index contributed by atoms with van der Waals surface area (Å²) in [5, 5.41) is 2.75. The predicted octanol–water partition coefficient (Wildman–Crippen LogP) is 7.22. The molecule has 2 amide bonds. The zero-order valence-corrected chi connectivity index (χ0v) is 31.4. The van der Waals surface area contributed by atoms with Crippen LogP contribution in [0.25, 0.3) is 11.6 Å². The Morgan fingerprint density at radius 1 is 0.927 bits per heavy atom. The molecule has 3 aliphatic carbocycles. The summed E-state index contributed by atoms with van der Waals surface area (Å²) in [4.78, 5) is 43.1. The third-order valence-electron chi connectivity index (χ3n) is 11.0. The van der Waals surface area contributed by atoms with Crippen LogP contribution in [0.15, 0.2) is 53.2 Å². The van der Waals surface area contributed by atoms with Crippen LogP contribution >= 0.6 is 0 Å². The highest BCUT2D eigenvalue weighted by Crippen LogP contribution is 2.57. The Kier molecular flexibility index (Phi) is 10.4. The summed E-state index contributed by atoms with van der Waals surface area (Å²) in [6.45, 7) is 7.66. The number of hydrogen-bond acceptors (Lipinski definition) is 10. The number of rotatable bonds is 10. The van der Waals surface area contributed by atoms with Crippen molar-refractivity contribution in [2.75, 3.05) is 44.7 Å². The van der Waals surface area contributed by atoms with Crippen molar-refractivity contribution in [1.29, 1.82) is 0 Å². The molecule has 292 valence electrons. The van der Waals surface area contributed by atoms with Crippen LogP contribution in [0.2, 0.25) is 0 Å². The summed E-state index contributed by atoms with van der Waals surface area (Å²) in [7, 11) is 1.52. The van der Waals surface area contributed by atoms with Gasteiger partial charge in [0.1, 0.15) is 29.4 Å². The third kappa shape index (κ3) is 8.06. The summed E-state index contributed by atoms with van der Waals surface area (Å²) >= 11 is 0. The summed E-state index contributed by atoms with van der Waals surface area (Å²) in [5.41, 5.74) is -0.570. The van der Waals surface area contributed by atoms with Crippen LogP contribution < -0.4 is 19.7 Å². The molecule has 2 aromatic heterocycles. The first kappa shape index (κ1) is 38.0. The molecule has 55 heavy (non-hydrogen) atoms. The molecule has 4 fully saturated rings. The first-order valence-electron chi connectivity index (χ1n) is 18.5. The van der Waals surface area contributed by atoms with E-state index in [2.05, 4.69) is 15.3 Å². The van der Waals surface area contributed by atoms with Crippen LogP contribution in [0.4, 0.5) is 23.9 Å². The Bertz CT molecular complexity index is 2020. The lowest BCUT2D eigenvalue weighted by Crippen LogP contribution is -2.50. The molecule has 15 heteroatoms.